The predicted octanol–water partition coefficient (Wildman–Crippen LogP) is 8.99. The summed E-state index contributed by atoms with van der Waals surface area (Å²) in [4.78, 5) is 13.3. The Morgan fingerprint density at radius 2 is 1.48 bits per heavy atom. The van der Waals surface area contributed by atoms with Gasteiger partial charge in [0.15, 0.2) is 17.6 Å². The van der Waals surface area contributed by atoms with E-state index in [-0.39, 0.29) is 18.1 Å². The van der Waals surface area contributed by atoms with Gasteiger partial charge in [-0.3, -0.25) is 4.79 Å². The molecule has 0 N–H and O–H groups in total. The highest BCUT2D eigenvalue weighted by Gasteiger charge is 2.49. The zero-order valence-electron chi connectivity index (χ0n) is 21.3. The summed E-state index contributed by atoms with van der Waals surface area (Å²) in [6, 6.07) is 0. The van der Waals surface area contributed by atoms with Crippen LogP contribution in [0.3, 0.4) is 0 Å². The van der Waals surface area contributed by atoms with Gasteiger partial charge in [0, 0.05) is 13.0 Å². The third-order valence-corrected chi connectivity index (χ3v) is 7.65. The Balaban J connectivity index is 1.81. The Labute approximate surface area is 201 Å². The van der Waals surface area contributed by atoms with Gasteiger partial charge in [-0.25, -0.2) is 8.78 Å². The van der Waals surface area contributed by atoms with Crippen molar-refractivity contribution in [3.05, 3.63) is 24.1 Å². The van der Waals surface area contributed by atoms with Crippen LogP contribution < -0.4 is 0 Å². The molecule has 2 rings (SSSR count). The van der Waals surface area contributed by atoms with Gasteiger partial charge in [-0.2, -0.15) is 0 Å². The molecule has 0 aromatic carbocycles. The number of alkyl halides is 1. The quantitative estimate of drug-likeness (QED) is 0.200. The van der Waals surface area contributed by atoms with Crippen molar-refractivity contribution in [1.82, 2.24) is 0 Å². The summed E-state index contributed by atoms with van der Waals surface area (Å²) in [5.41, 5.74) is -1.78. The first-order valence-electron chi connectivity index (χ1n) is 13.9. The number of ether oxygens (including phenoxy) is 1. The summed E-state index contributed by atoms with van der Waals surface area (Å²) in [5.74, 6) is -0.165. The number of ketones is 1. The smallest absolute Gasteiger partial charge is 0.191 e. The van der Waals surface area contributed by atoms with Gasteiger partial charge < -0.3 is 4.74 Å². The lowest BCUT2D eigenvalue weighted by Crippen LogP contribution is -2.50. The minimum atomic E-state index is -2.03. The van der Waals surface area contributed by atoms with Gasteiger partial charge in [0.1, 0.15) is 5.83 Å². The van der Waals surface area contributed by atoms with Crippen LogP contribution in [0.25, 0.3) is 0 Å². The Hall–Kier alpha value is -1.03. The number of halogens is 2. The zero-order chi connectivity index (χ0) is 23.9. The first-order chi connectivity index (χ1) is 16.0. The molecular formula is C29H48F2O2. The van der Waals surface area contributed by atoms with E-state index >= 15 is 4.39 Å². The van der Waals surface area contributed by atoms with Crippen LogP contribution in [0.2, 0.25) is 0 Å². The molecule has 0 spiro atoms. The Morgan fingerprint density at radius 3 is 2.15 bits per heavy atom. The fraction of sp³-hybridized carbons (Fsp3) is 0.828. The largest absolute Gasteiger partial charge is 0.359 e. The maximum absolute atomic E-state index is 15.0. The van der Waals surface area contributed by atoms with Crippen molar-refractivity contribution in [1.29, 1.82) is 0 Å². The maximum Gasteiger partial charge on any atom is 0.191 e. The molecule has 2 atom stereocenters. The number of carbonyl (C=O) groups excluding carboxylic acids is 1. The molecule has 0 saturated heterocycles. The second-order valence-electron chi connectivity index (χ2n) is 10.4. The highest BCUT2D eigenvalue weighted by Crippen LogP contribution is 2.38. The number of hydrogen-bond acceptors (Lipinski definition) is 2. The average molecular weight is 467 g/mol. The average Bonchev–Trinajstić information content (AvgIpc) is 2.82. The summed E-state index contributed by atoms with van der Waals surface area (Å²) in [7, 11) is 0. The Bertz CT molecular complexity index is 607. The van der Waals surface area contributed by atoms with Crippen molar-refractivity contribution in [2.75, 3.05) is 6.61 Å². The molecule has 0 bridgehead atoms. The molecule has 0 amide bonds. The van der Waals surface area contributed by atoms with E-state index < -0.39 is 17.6 Å². The normalized spacial score (nSPS) is 27.5. The van der Waals surface area contributed by atoms with Crippen molar-refractivity contribution in [3.8, 4) is 0 Å². The van der Waals surface area contributed by atoms with Crippen LogP contribution in [0.4, 0.5) is 8.78 Å². The highest BCUT2D eigenvalue weighted by molar-refractivity contribution is 5.91. The van der Waals surface area contributed by atoms with Crippen LogP contribution in [0.5, 0.6) is 0 Å². The molecular weight excluding hydrogens is 418 g/mol. The Morgan fingerprint density at radius 1 is 0.909 bits per heavy atom. The standard InChI is InChI=1S/C29H48F2O2/c1-3-5-7-9-11-13-22-33-29(21-14-16-26(30)28(29)31)27(32)23-25-19-17-24(18-20-25)15-12-10-8-6-4-2/h14,16,21,24-25,28H,3-13,15,17-20,22-23H2,1-2H3/t24-,25-,28?,29?. The maximum atomic E-state index is 15.0. The van der Waals surface area contributed by atoms with Crippen LogP contribution in [0.1, 0.15) is 123 Å². The van der Waals surface area contributed by atoms with Gasteiger partial charge in [-0.05, 0) is 43.3 Å². The van der Waals surface area contributed by atoms with E-state index in [2.05, 4.69) is 13.8 Å². The lowest BCUT2D eigenvalue weighted by molar-refractivity contribution is -0.147. The van der Waals surface area contributed by atoms with Gasteiger partial charge in [-0.15, -0.1) is 0 Å². The summed E-state index contributed by atoms with van der Waals surface area (Å²) in [6.45, 7) is 4.71. The number of carbonyl (C=O) groups is 1. The number of allylic oxidation sites excluding steroid dienone is 2. The van der Waals surface area contributed by atoms with Gasteiger partial charge in [0.05, 0.1) is 0 Å². The third kappa shape index (κ3) is 9.26. The second-order valence-corrected chi connectivity index (χ2v) is 10.4. The summed E-state index contributed by atoms with van der Waals surface area (Å²) < 4.78 is 35.1. The molecule has 0 aromatic rings. The fourth-order valence-corrected chi connectivity index (χ4v) is 5.40. The second kappa shape index (κ2) is 15.8. The van der Waals surface area contributed by atoms with E-state index in [0.29, 0.717) is 6.61 Å². The molecule has 2 nitrogen and oxygen atoms in total. The molecule has 1 fully saturated rings. The number of unbranched alkanes of at least 4 members (excludes halogenated alkanes) is 9. The lowest BCUT2D eigenvalue weighted by atomic mass is 9.75. The number of rotatable bonds is 17. The monoisotopic (exact) mass is 466 g/mol. The third-order valence-electron chi connectivity index (χ3n) is 7.65. The van der Waals surface area contributed by atoms with Crippen LogP contribution >= 0.6 is 0 Å². The SMILES string of the molecule is CCCCCCCCOC1(C(=O)C[C@H]2CC[C@H](CCCCCCC)CC2)C=CC=C(F)C1F. The fourth-order valence-electron chi connectivity index (χ4n) is 5.40. The first kappa shape index (κ1) is 28.2. The van der Waals surface area contributed by atoms with Crippen molar-refractivity contribution in [2.45, 2.75) is 135 Å². The number of Topliss-reactive ketones (excluding diaryl/α,β-unsaturated/α-hetero) is 1. The molecule has 2 unspecified atom stereocenters. The molecule has 4 heteroatoms. The molecule has 0 aromatic heterocycles. The minimum absolute atomic E-state index is 0.262. The van der Waals surface area contributed by atoms with E-state index in [1.165, 1.54) is 69.9 Å². The molecule has 2 aliphatic rings. The molecule has 33 heavy (non-hydrogen) atoms. The highest BCUT2D eigenvalue weighted by atomic mass is 19.2. The molecule has 1 saturated carbocycles. The molecule has 0 aliphatic heterocycles. The molecule has 0 radical (unpaired) electrons. The van der Waals surface area contributed by atoms with Gasteiger partial charge >= 0.3 is 0 Å². The lowest BCUT2D eigenvalue weighted by Gasteiger charge is -2.36. The van der Waals surface area contributed by atoms with Crippen molar-refractivity contribution >= 4 is 5.78 Å². The molecule has 190 valence electrons. The summed E-state index contributed by atoms with van der Waals surface area (Å²) in [5, 5.41) is 0. The first-order valence-corrected chi connectivity index (χ1v) is 13.9. The molecule has 0 heterocycles. The van der Waals surface area contributed by atoms with E-state index in [1.807, 2.05) is 0 Å². The Kier molecular flexibility index (Phi) is 13.5. The molecule has 2 aliphatic carbocycles. The van der Waals surface area contributed by atoms with Crippen molar-refractivity contribution in [3.63, 3.8) is 0 Å². The minimum Gasteiger partial charge on any atom is -0.359 e. The van der Waals surface area contributed by atoms with Crippen LogP contribution in [0.15, 0.2) is 24.1 Å². The van der Waals surface area contributed by atoms with E-state index in [0.717, 1.165) is 56.9 Å². The van der Waals surface area contributed by atoms with Gasteiger partial charge in [0.25, 0.3) is 0 Å². The van der Waals surface area contributed by atoms with Gasteiger partial charge in [-0.1, -0.05) is 103 Å². The van der Waals surface area contributed by atoms with Crippen LogP contribution in [-0.2, 0) is 9.53 Å². The predicted molar refractivity (Wildman–Crippen MR) is 134 cm³/mol. The summed E-state index contributed by atoms with van der Waals surface area (Å²) in [6.07, 6.45) is 20.9. The van der Waals surface area contributed by atoms with E-state index in [4.69, 9.17) is 4.74 Å². The zero-order valence-corrected chi connectivity index (χ0v) is 21.3. The van der Waals surface area contributed by atoms with Crippen molar-refractivity contribution in [2.24, 2.45) is 11.8 Å². The van der Waals surface area contributed by atoms with E-state index in [1.54, 1.807) is 0 Å². The van der Waals surface area contributed by atoms with E-state index in [9.17, 15) is 9.18 Å². The van der Waals surface area contributed by atoms with Crippen LogP contribution in [0, 0.1) is 11.8 Å². The van der Waals surface area contributed by atoms with Crippen molar-refractivity contribution < 1.29 is 18.3 Å². The number of hydrogen-bond donors (Lipinski definition) is 0. The summed E-state index contributed by atoms with van der Waals surface area (Å²) >= 11 is 0. The van der Waals surface area contributed by atoms with Gasteiger partial charge in [0.2, 0.25) is 0 Å². The topological polar surface area (TPSA) is 26.3 Å². The van der Waals surface area contributed by atoms with Crippen LogP contribution in [-0.4, -0.2) is 24.2 Å².